The first-order valence-corrected chi connectivity index (χ1v) is 5.73. The molecule has 2 N–H and O–H groups in total. The molecule has 0 bridgehead atoms. The third-order valence-electron chi connectivity index (χ3n) is 2.47. The minimum absolute atomic E-state index is 0.0289. The average molecular weight is 245 g/mol. The van der Waals surface area contributed by atoms with Crippen LogP contribution in [0.3, 0.4) is 0 Å². The van der Waals surface area contributed by atoms with Gasteiger partial charge in [0.25, 0.3) is 0 Å². The van der Waals surface area contributed by atoms with E-state index in [-0.39, 0.29) is 12.5 Å². The molecule has 1 atom stereocenters. The SMILES string of the molecule is COCC(NC(=O)C(C)(C)CC(C)C)C(=O)O. The van der Waals surface area contributed by atoms with Crippen LogP contribution in [-0.4, -0.2) is 36.7 Å². The Morgan fingerprint density at radius 2 is 1.88 bits per heavy atom. The van der Waals surface area contributed by atoms with Gasteiger partial charge in [-0.2, -0.15) is 0 Å². The van der Waals surface area contributed by atoms with Crippen LogP contribution in [0.25, 0.3) is 0 Å². The van der Waals surface area contributed by atoms with Crippen LogP contribution in [0.4, 0.5) is 0 Å². The van der Waals surface area contributed by atoms with Gasteiger partial charge in [-0.15, -0.1) is 0 Å². The summed E-state index contributed by atoms with van der Waals surface area (Å²) in [5.74, 6) is -0.961. The summed E-state index contributed by atoms with van der Waals surface area (Å²) in [7, 11) is 1.40. The minimum atomic E-state index is -1.08. The normalized spacial score (nSPS) is 13.5. The second-order valence-corrected chi connectivity index (χ2v) is 5.30. The van der Waals surface area contributed by atoms with E-state index >= 15 is 0 Å². The minimum Gasteiger partial charge on any atom is -0.480 e. The Bertz CT molecular complexity index is 274. The molecule has 0 spiro atoms. The van der Waals surface area contributed by atoms with Gasteiger partial charge in [-0.3, -0.25) is 4.79 Å². The van der Waals surface area contributed by atoms with Gasteiger partial charge in [-0.25, -0.2) is 4.79 Å². The maximum Gasteiger partial charge on any atom is 0.328 e. The number of ether oxygens (including phenoxy) is 1. The Kier molecular flexibility index (Phi) is 6.16. The molecule has 0 aromatic rings. The molecule has 5 nitrogen and oxygen atoms in total. The predicted octanol–water partition coefficient (Wildman–Crippen LogP) is 1.27. The average Bonchev–Trinajstić information content (AvgIpc) is 2.14. The maximum absolute atomic E-state index is 12.0. The van der Waals surface area contributed by atoms with Gasteiger partial charge in [-0.05, 0) is 12.3 Å². The van der Waals surface area contributed by atoms with Crippen molar-refractivity contribution in [3.05, 3.63) is 0 Å². The number of carbonyl (C=O) groups is 2. The Morgan fingerprint density at radius 1 is 1.35 bits per heavy atom. The zero-order chi connectivity index (χ0) is 13.6. The van der Waals surface area contributed by atoms with Crippen molar-refractivity contribution in [2.24, 2.45) is 11.3 Å². The van der Waals surface area contributed by atoms with Gasteiger partial charge < -0.3 is 15.2 Å². The molecular weight excluding hydrogens is 222 g/mol. The Morgan fingerprint density at radius 3 is 2.24 bits per heavy atom. The molecule has 0 aromatic heterocycles. The summed E-state index contributed by atoms with van der Waals surface area (Å²) in [6.45, 7) is 7.65. The molecular formula is C12H23NO4. The number of aliphatic carboxylic acids is 1. The summed E-state index contributed by atoms with van der Waals surface area (Å²) >= 11 is 0. The molecule has 0 aliphatic carbocycles. The number of carboxylic acid groups (broad SMARTS) is 1. The molecule has 1 unspecified atom stereocenters. The highest BCUT2D eigenvalue weighted by atomic mass is 16.5. The molecule has 0 fully saturated rings. The number of amides is 1. The van der Waals surface area contributed by atoms with Crippen molar-refractivity contribution in [3.63, 3.8) is 0 Å². The fraction of sp³-hybridized carbons (Fsp3) is 0.833. The van der Waals surface area contributed by atoms with Crippen molar-refractivity contribution >= 4 is 11.9 Å². The van der Waals surface area contributed by atoms with Gasteiger partial charge in [0.2, 0.25) is 5.91 Å². The molecule has 0 heterocycles. The highest BCUT2D eigenvalue weighted by molar-refractivity contribution is 5.87. The molecule has 0 aromatic carbocycles. The van der Waals surface area contributed by atoms with Crippen molar-refractivity contribution in [1.29, 1.82) is 0 Å². The summed E-state index contributed by atoms with van der Waals surface area (Å²) < 4.78 is 4.76. The summed E-state index contributed by atoms with van der Waals surface area (Å²) in [5.41, 5.74) is -0.574. The lowest BCUT2D eigenvalue weighted by molar-refractivity contribution is -0.145. The Hall–Kier alpha value is -1.10. The van der Waals surface area contributed by atoms with E-state index in [0.717, 1.165) is 0 Å². The summed E-state index contributed by atoms with van der Waals surface area (Å²) in [5, 5.41) is 11.4. The van der Waals surface area contributed by atoms with E-state index < -0.39 is 17.4 Å². The van der Waals surface area contributed by atoms with Crippen LogP contribution in [0.1, 0.15) is 34.1 Å². The Balaban J connectivity index is 4.54. The maximum atomic E-state index is 12.0. The molecule has 100 valence electrons. The highest BCUT2D eigenvalue weighted by Crippen LogP contribution is 2.25. The third-order valence-corrected chi connectivity index (χ3v) is 2.47. The molecule has 0 aliphatic rings. The Labute approximate surface area is 103 Å². The summed E-state index contributed by atoms with van der Waals surface area (Å²) in [6.07, 6.45) is 0.707. The van der Waals surface area contributed by atoms with Gasteiger partial charge in [-0.1, -0.05) is 27.7 Å². The quantitative estimate of drug-likeness (QED) is 0.708. The van der Waals surface area contributed by atoms with Gasteiger partial charge in [0.05, 0.1) is 6.61 Å². The molecule has 0 radical (unpaired) electrons. The van der Waals surface area contributed by atoms with Crippen LogP contribution < -0.4 is 5.32 Å². The first-order valence-electron chi connectivity index (χ1n) is 5.73. The topological polar surface area (TPSA) is 75.6 Å². The fourth-order valence-corrected chi connectivity index (χ4v) is 1.81. The van der Waals surface area contributed by atoms with Crippen molar-refractivity contribution in [1.82, 2.24) is 5.32 Å². The van der Waals surface area contributed by atoms with Gasteiger partial charge >= 0.3 is 5.97 Å². The van der Waals surface area contributed by atoms with Gasteiger partial charge in [0.1, 0.15) is 0 Å². The number of carboxylic acids is 1. The number of hydrogen-bond acceptors (Lipinski definition) is 3. The van der Waals surface area contributed by atoms with E-state index in [1.807, 2.05) is 27.7 Å². The predicted molar refractivity (Wildman–Crippen MR) is 64.7 cm³/mol. The molecule has 17 heavy (non-hydrogen) atoms. The van der Waals surface area contributed by atoms with Crippen LogP contribution in [0, 0.1) is 11.3 Å². The van der Waals surface area contributed by atoms with Crippen LogP contribution in [0.2, 0.25) is 0 Å². The van der Waals surface area contributed by atoms with Gasteiger partial charge in [0, 0.05) is 12.5 Å². The monoisotopic (exact) mass is 245 g/mol. The van der Waals surface area contributed by atoms with Crippen LogP contribution in [0.5, 0.6) is 0 Å². The van der Waals surface area contributed by atoms with E-state index in [0.29, 0.717) is 12.3 Å². The molecule has 0 saturated carbocycles. The summed E-state index contributed by atoms with van der Waals surface area (Å²) in [4.78, 5) is 22.8. The molecule has 0 aliphatic heterocycles. The first-order chi connectivity index (χ1) is 7.70. The van der Waals surface area contributed by atoms with E-state index in [4.69, 9.17) is 9.84 Å². The van der Waals surface area contributed by atoms with Crippen LogP contribution in [-0.2, 0) is 14.3 Å². The van der Waals surface area contributed by atoms with Crippen molar-refractivity contribution < 1.29 is 19.4 Å². The number of hydrogen-bond donors (Lipinski definition) is 2. The first kappa shape index (κ1) is 15.9. The standard InChI is InChI=1S/C12H23NO4/c1-8(2)6-12(3,4)11(16)13-9(7-17-5)10(14)15/h8-9H,6-7H2,1-5H3,(H,13,16)(H,14,15). The van der Waals surface area contributed by atoms with E-state index in [9.17, 15) is 9.59 Å². The van der Waals surface area contributed by atoms with E-state index in [1.165, 1.54) is 7.11 Å². The lowest BCUT2D eigenvalue weighted by Gasteiger charge is -2.27. The smallest absolute Gasteiger partial charge is 0.328 e. The highest BCUT2D eigenvalue weighted by Gasteiger charge is 2.31. The molecule has 1 amide bonds. The van der Waals surface area contributed by atoms with Crippen molar-refractivity contribution in [3.8, 4) is 0 Å². The van der Waals surface area contributed by atoms with Crippen LogP contribution in [0.15, 0.2) is 0 Å². The number of rotatable bonds is 7. The molecule has 0 rings (SSSR count). The van der Waals surface area contributed by atoms with Crippen LogP contribution >= 0.6 is 0 Å². The third kappa shape index (κ3) is 5.68. The second kappa shape index (κ2) is 6.59. The summed E-state index contributed by atoms with van der Waals surface area (Å²) in [6, 6.07) is -0.987. The zero-order valence-corrected chi connectivity index (χ0v) is 11.2. The number of nitrogens with one attached hydrogen (secondary N) is 1. The van der Waals surface area contributed by atoms with E-state index in [1.54, 1.807) is 0 Å². The number of methoxy groups -OCH3 is 1. The zero-order valence-electron chi connectivity index (χ0n) is 11.2. The van der Waals surface area contributed by atoms with Crippen molar-refractivity contribution in [2.75, 3.05) is 13.7 Å². The molecule has 0 saturated heterocycles. The second-order valence-electron chi connectivity index (χ2n) is 5.30. The van der Waals surface area contributed by atoms with E-state index in [2.05, 4.69) is 5.32 Å². The lowest BCUT2D eigenvalue weighted by Crippen LogP contribution is -2.49. The largest absolute Gasteiger partial charge is 0.480 e. The van der Waals surface area contributed by atoms with Gasteiger partial charge in [0.15, 0.2) is 6.04 Å². The molecule has 5 heteroatoms. The lowest BCUT2D eigenvalue weighted by atomic mass is 9.83. The fourth-order valence-electron chi connectivity index (χ4n) is 1.81. The number of carbonyl (C=O) groups excluding carboxylic acids is 1. The van der Waals surface area contributed by atoms with Crippen molar-refractivity contribution in [2.45, 2.75) is 40.2 Å².